The summed E-state index contributed by atoms with van der Waals surface area (Å²) in [5.41, 5.74) is 2.30. The summed E-state index contributed by atoms with van der Waals surface area (Å²) >= 11 is 0. The molecule has 3 aromatic rings. The van der Waals surface area contributed by atoms with Gasteiger partial charge < -0.3 is 14.8 Å². The molecule has 0 radical (unpaired) electrons. The second-order valence-electron chi connectivity index (χ2n) is 9.77. The van der Waals surface area contributed by atoms with Gasteiger partial charge in [0.15, 0.2) is 0 Å². The van der Waals surface area contributed by atoms with Gasteiger partial charge in [0.25, 0.3) is 0 Å². The van der Waals surface area contributed by atoms with E-state index in [9.17, 15) is 13.9 Å². The van der Waals surface area contributed by atoms with Gasteiger partial charge in [-0.25, -0.2) is 13.2 Å². The van der Waals surface area contributed by atoms with Crippen molar-refractivity contribution >= 4 is 10.9 Å². The van der Waals surface area contributed by atoms with E-state index in [2.05, 4.69) is 4.98 Å². The standard InChI is InChI=1S/C27H31F4N3O2/c28-12-17-13-33(14-17)8-9-36-19-10-22(30)25(23(31)11-19)27-26-21(20-4-1-2-6-24(20)32-26)5-3-7-34(27)15-18(29)16-35/h1-2,4,6,10-11,17-18,27,32,35H,3,5,7-9,12-16H2/t18-,27-/m1/s1. The number of rotatable bonds is 9. The zero-order chi connectivity index (χ0) is 25.2. The Balaban J connectivity index is 1.45. The summed E-state index contributed by atoms with van der Waals surface area (Å²) in [4.78, 5) is 7.07. The van der Waals surface area contributed by atoms with Crippen LogP contribution in [0.2, 0.25) is 0 Å². The van der Waals surface area contributed by atoms with Crippen LogP contribution < -0.4 is 4.74 Å². The molecule has 1 saturated heterocycles. The zero-order valence-corrected chi connectivity index (χ0v) is 20.0. The molecule has 3 heterocycles. The van der Waals surface area contributed by atoms with Gasteiger partial charge in [-0.05, 0) is 31.0 Å². The van der Waals surface area contributed by atoms with Gasteiger partial charge in [-0.1, -0.05) is 18.2 Å². The van der Waals surface area contributed by atoms with Crippen LogP contribution in [0.1, 0.15) is 29.3 Å². The molecular formula is C27H31F4N3O2. The van der Waals surface area contributed by atoms with Crippen LogP contribution >= 0.6 is 0 Å². The minimum atomic E-state index is -1.54. The average Bonchev–Trinajstić information content (AvgIpc) is 3.11. The number of ether oxygens (including phenoxy) is 1. The molecule has 0 saturated carbocycles. The Labute approximate surface area is 207 Å². The van der Waals surface area contributed by atoms with E-state index in [-0.39, 0.29) is 37.1 Å². The van der Waals surface area contributed by atoms with Crippen molar-refractivity contribution in [3.63, 3.8) is 0 Å². The van der Waals surface area contributed by atoms with Crippen LogP contribution in [-0.4, -0.2) is 78.7 Å². The zero-order valence-electron chi connectivity index (χ0n) is 20.0. The van der Waals surface area contributed by atoms with Gasteiger partial charge in [-0.2, -0.15) is 0 Å². The molecule has 2 aromatic carbocycles. The fourth-order valence-electron chi connectivity index (χ4n) is 5.49. The first-order chi connectivity index (χ1) is 17.5. The molecule has 0 aliphatic carbocycles. The van der Waals surface area contributed by atoms with Crippen molar-refractivity contribution in [2.24, 2.45) is 5.92 Å². The fraction of sp³-hybridized carbons (Fsp3) is 0.481. The first-order valence-corrected chi connectivity index (χ1v) is 12.5. The molecule has 194 valence electrons. The molecular weight excluding hydrogens is 474 g/mol. The monoisotopic (exact) mass is 505 g/mol. The molecule has 2 aliphatic rings. The normalized spacial score (nSPS) is 20.2. The number of aromatic amines is 1. The first-order valence-electron chi connectivity index (χ1n) is 12.5. The maximum absolute atomic E-state index is 15.6. The van der Waals surface area contributed by atoms with Crippen LogP contribution in [0.15, 0.2) is 36.4 Å². The summed E-state index contributed by atoms with van der Waals surface area (Å²) < 4.78 is 63.7. The minimum absolute atomic E-state index is 0.0611. The molecule has 36 heavy (non-hydrogen) atoms. The lowest BCUT2D eigenvalue weighted by molar-refractivity contribution is 0.0667. The Bertz CT molecular complexity index is 1170. The van der Waals surface area contributed by atoms with Crippen molar-refractivity contribution in [1.82, 2.24) is 14.8 Å². The van der Waals surface area contributed by atoms with Gasteiger partial charge >= 0.3 is 0 Å². The van der Waals surface area contributed by atoms with Gasteiger partial charge in [-0.15, -0.1) is 0 Å². The summed E-state index contributed by atoms with van der Waals surface area (Å²) in [6.45, 7) is 1.38. The van der Waals surface area contributed by atoms with Gasteiger partial charge in [0.1, 0.15) is 30.2 Å². The number of benzene rings is 2. The van der Waals surface area contributed by atoms with Gasteiger partial charge in [-0.3, -0.25) is 14.2 Å². The largest absolute Gasteiger partial charge is 0.492 e. The average molecular weight is 506 g/mol. The molecule has 1 fully saturated rings. The number of nitrogens with zero attached hydrogens (tertiary/aromatic N) is 2. The topological polar surface area (TPSA) is 51.7 Å². The number of nitrogens with one attached hydrogen (secondary N) is 1. The van der Waals surface area contributed by atoms with E-state index < -0.39 is 30.5 Å². The molecule has 5 nitrogen and oxygen atoms in total. The predicted molar refractivity (Wildman–Crippen MR) is 130 cm³/mol. The molecule has 2 atom stereocenters. The van der Waals surface area contributed by atoms with Crippen LogP contribution in [0.25, 0.3) is 10.9 Å². The first kappa shape index (κ1) is 25.0. The highest BCUT2D eigenvalue weighted by molar-refractivity contribution is 5.85. The van der Waals surface area contributed by atoms with Crippen molar-refractivity contribution in [3.8, 4) is 5.75 Å². The second kappa shape index (κ2) is 10.8. The van der Waals surface area contributed by atoms with E-state index >= 15 is 8.78 Å². The van der Waals surface area contributed by atoms with Crippen molar-refractivity contribution in [3.05, 3.63) is 64.9 Å². The van der Waals surface area contributed by atoms with Crippen LogP contribution in [-0.2, 0) is 6.42 Å². The molecule has 2 aliphatic heterocycles. The summed E-state index contributed by atoms with van der Waals surface area (Å²) in [6, 6.07) is 9.15. The second-order valence-corrected chi connectivity index (χ2v) is 9.77. The number of alkyl halides is 2. The summed E-state index contributed by atoms with van der Waals surface area (Å²) in [5.74, 6) is -1.40. The van der Waals surface area contributed by atoms with Crippen LogP contribution in [0, 0.1) is 17.6 Å². The minimum Gasteiger partial charge on any atom is -0.492 e. The summed E-state index contributed by atoms with van der Waals surface area (Å²) in [6.07, 6.45) is -0.161. The Morgan fingerprint density at radius 3 is 2.61 bits per heavy atom. The smallest absolute Gasteiger partial charge is 0.136 e. The Morgan fingerprint density at radius 2 is 1.89 bits per heavy atom. The molecule has 9 heteroatoms. The SMILES string of the molecule is OC[C@H](F)CN1CCCc2c([nH]c3ccccc23)[C@H]1c1c(F)cc(OCCN2CC(CF)C2)cc1F. The van der Waals surface area contributed by atoms with Gasteiger partial charge in [0.2, 0.25) is 0 Å². The van der Waals surface area contributed by atoms with Crippen LogP contribution in [0.5, 0.6) is 5.75 Å². The van der Waals surface area contributed by atoms with E-state index in [1.165, 1.54) is 12.1 Å². The third-order valence-corrected chi connectivity index (χ3v) is 7.24. The molecule has 0 amide bonds. The molecule has 0 spiro atoms. The highest BCUT2D eigenvalue weighted by Crippen LogP contribution is 2.40. The molecule has 0 unspecified atom stereocenters. The van der Waals surface area contributed by atoms with Crippen molar-refractivity contribution < 1.29 is 27.4 Å². The maximum Gasteiger partial charge on any atom is 0.136 e. The third-order valence-electron chi connectivity index (χ3n) is 7.24. The quantitative estimate of drug-likeness (QED) is 0.424. The summed E-state index contributed by atoms with van der Waals surface area (Å²) in [7, 11) is 0. The number of aromatic nitrogens is 1. The number of aryl methyl sites for hydroxylation is 1. The highest BCUT2D eigenvalue weighted by atomic mass is 19.1. The Hall–Kier alpha value is -2.62. The van der Waals surface area contributed by atoms with Gasteiger partial charge in [0.05, 0.1) is 19.3 Å². The van der Waals surface area contributed by atoms with E-state index in [4.69, 9.17) is 4.74 Å². The van der Waals surface area contributed by atoms with E-state index in [0.29, 0.717) is 44.7 Å². The molecule has 2 N–H and O–H groups in total. The number of likely N-dealkylation sites (tertiary alicyclic amines) is 1. The maximum atomic E-state index is 15.6. The van der Waals surface area contributed by atoms with E-state index in [0.717, 1.165) is 16.5 Å². The number of H-pyrrole nitrogens is 1. The lowest BCUT2D eigenvalue weighted by Crippen LogP contribution is -2.49. The fourth-order valence-corrected chi connectivity index (χ4v) is 5.49. The number of fused-ring (bicyclic) bond motifs is 3. The van der Waals surface area contributed by atoms with Crippen LogP contribution in [0.4, 0.5) is 17.6 Å². The Kier molecular flexibility index (Phi) is 7.50. The number of hydrogen-bond donors (Lipinski definition) is 2. The number of aliphatic hydroxyl groups excluding tert-OH is 1. The lowest BCUT2D eigenvalue weighted by Gasteiger charge is -2.37. The predicted octanol–water partition coefficient (Wildman–Crippen LogP) is 4.39. The van der Waals surface area contributed by atoms with Crippen molar-refractivity contribution in [2.75, 3.05) is 52.6 Å². The molecule has 0 bridgehead atoms. The van der Waals surface area contributed by atoms with E-state index in [1.807, 2.05) is 29.2 Å². The third kappa shape index (κ3) is 4.96. The summed E-state index contributed by atoms with van der Waals surface area (Å²) in [5, 5.41) is 10.3. The van der Waals surface area contributed by atoms with Crippen LogP contribution in [0.3, 0.4) is 0 Å². The highest BCUT2D eigenvalue weighted by Gasteiger charge is 2.35. The molecule has 5 rings (SSSR count). The molecule has 1 aromatic heterocycles. The van der Waals surface area contributed by atoms with E-state index in [1.54, 1.807) is 4.90 Å². The lowest BCUT2D eigenvalue weighted by atomic mass is 9.96. The Morgan fingerprint density at radius 1 is 1.14 bits per heavy atom. The number of para-hydroxylation sites is 1. The number of aliphatic hydroxyl groups is 1. The van der Waals surface area contributed by atoms with Gasteiger partial charge in [0, 0.05) is 66.4 Å². The van der Waals surface area contributed by atoms with Crippen molar-refractivity contribution in [2.45, 2.75) is 25.1 Å². The number of halogens is 4. The van der Waals surface area contributed by atoms with Crippen molar-refractivity contribution in [1.29, 1.82) is 0 Å². The number of hydrogen-bond acceptors (Lipinski definition) is 4.